The van der Waals surface area contributed by atoms with Crippen LogP contribution in [0.4, 0.5) is 8.78 Å². The van der Waals surface area contributed by atoms with Gasteiger partial charge in [0.2, 0.25) is 5.91 Å². The number of halogens is 2. The summed E-state index contributed by atoms with van der Waals surface area (Å²) in [7, 11) is 0. The number of carbonyl (C=O) groups excluding carboxylic acids is 1. The number of nitrogens with one attached hydrogen (secondary N) is 1. The molecule has 116 valence electrons. The van der Waals surface area contributed by atoms with Crippen LogP contribution in [0.3, 0.4) is 0 Å². The second kappa shape index (κ2) is 6.52. The lowest BCUT2D eigenvalue weighted by molar-refractivity contribution is -0.123. The van der Waals surface area contributed by atoms with Gasteiger partial charge in [0, 0.05) is 17.4 Å². The molecular weight excluding hydrogens is 276 g/mol. The minimum atomic E-state index is -0.601. The molecule has 1 aromatic carbocycles. The molecule has 0 spiro atoms. The number of carbonyl (C=O) groups is 1. The first kappa shape index (κ1) is 15.9. The Bertz CT molecular complexity index is 499. The van der Waals surface area contributed by atoms with Gasteiger partial charge >= 0.3 is 0 Å². The zero-order valence-corrected chi connectivity index (χ0v) is 12.3. The second-order valence-corrected chi connectivity index (χ2v) is 6.10. The molecule has 1 amide bonds. The predicted octanol–water partition coefficient (Wildman–Crippen LogP) is 2.59. The Morgan fingerprint density at radius 3 is 2.52 bits per heavy atom. The molecule has 0 saturated heterocycles. The summed E-state index contributed by atoms with van der Waals surface area (Å²) >= 11 is 0. The molecule has 3 atom stereocenters. The van der Waals surface area contributed by atoms with Crippen molar-refractivity contribution in [1.82, 2.24) is 5.32 Å². The first-order valence-electron chi connectivity index (χ1n) is 7.29. The fourth-order valence-corrected chi connectivity index (χ4v) is 2.73. The van der Waals surface area contributed by atoms with E-state index in [1.165, 1.54) is 18.2 Å². The standard InChI is InChI=1S/C16H21F2NO2/c1-9(2)6-10(8-20)19-16(21)12-7-11(12)15-13(17)4-3-5-14(15)18/h3-5,9-12,20H,6-8H2,1-2H3,(H,19,21). The van der Waals surface area contributed by atoms with Crippen molar-refractivity contribution in [2.75, 3.05) is 6.61 Å². The maximum Gasteiger partial charge on any atom is 0.224 e. The average Bonchev–Trinajstić information content (AvgIpc) is 3.17. The summed E-state index contributed by atoms with van der Waals surface area (Å²) in [4.78, 5) is 12.1. The molecule has 2 rings (SSSR count). The lowest BCUT2D eigenvalue weighted by Gasteiger charge is -2.18. The Morgan fingerprint density at radius 1 is 1.38 bits per heavy atom. The Morgan fingerprint density at radius 2 is 2.00 bits per heavy atom. The van der Waals surface area contributed by atoms with Gasteiger partial charge in [-0.1, -0.05) is 19.9 Å². The Hall–Kier alpha value is -1.49. The molecule has 0 bridgehead atoms. The number of hydrogen-bond acceptors (Lipinski definition) is 2. The minimum Gasteiger partial charge on any atom is -0.394 e. The van der Waals surface area contributed by atoms with Crippen LogP contribution in [0.15, 0.2) is 18.2 Å². The van der Waals surface area contributed by atoms with Crippen molar-refractivity contribution < 1.29 is 18.7 Å². The zero-order chi connectivity index (χ0) is 15.6. The summed E-state index contributed by atoms with van der Waals surface area (Å²) in [6.45, 7) is 3.88. The average molecular weight is 297 g/mol. The molecule has 21 heavy (non-hydrogen) atoms. The van der Waals surface area contributed by atoms with Crippen molar-refractivity contribution >= 4 is 5.91 Å². The van der Waals surface area contributed by atoms with Crippen molar-refractivity contribution in [2.24, 2.45) is 11.8 Å². The fourth-order valence-electron chi connectivity index (χ4n) is 2.73. The van der Waals surface area contributed by atoms with Crippen molar-refractivity contribution in [2.45, 2.75) is 38.6 Å². The van der Waals surface area contributed by atoms with Gasteiger partial charge in [-0.3, -0.25) is 4.79 Å². The van der Waals surface area contributed by atoms with E-state index < -0.39 is 23.5 Å². The number of aliphatic hydroxyl groups excluding tert-OH is 1. The van der Waals surface area contributed by atoms with Gasteiger partial charge in [-0.05, 0) is 30.9 Å². The molecule has 0 heterocycles. The quantitative estimate of drug-likeness (QED) is 0.848. The van der Waals surface area contributed by atoms with Crippen molar-refractivity contribution in [3.63, 3.8) is 0 Å². The monoisotopic (exact) mass is 297 g/mol. The topological polar surface area (TPSA) is 49.3 Å². The van der Waals surface area contributed by atoms with Gasteiger partial charge in [-0.15, -0.1) is 0 Å². The molecule has 3 nitrogen and oxygen atoms in total. The lowest BCUT2D eigenvalue weighted by atomic mass is 10.0. The van der Waals surface area contributed by atoms with Crippen molar-refractivity contribution in [3.05, 3.63) is 35.4 Å². The van der Waals surface area contributed by atoms with Gasteiger partial charge in [0.15, 0.2) is 0 Å². The highest BCUT2D eigenvalue weighted by Crippen LogP contribution is 2.49. The third-order valence-corrected chi connectivity index (χ3v) is 3.82. The van der Waals surface area contributed by atoms with Crippen LogP contribution in [-0.4, -0.2) is 23.7 Å². The molecule has 1 aliphatic rings. The summed E-state index contributed by atoms with van der Waals surface area (Å²) in [6.07, 6.45) is 1.12. The van der Waals surface area contributed by atoms with E-state index in [2.05, 4.69) is 5.32 Å². The van der Waals surface area contributed by atoms with Crippen LogP contribution in [-0.2, 0) is 4.79 Å². The Balaban J connectivity index is 1.98. The summed E-state index contributed by atoms with van der Waals surface area (Å²) in [5, 5.41) is 12.0. The maximum atomic E-state index is 13.7. The third-order valence-electron chi connectivity index (χ3n) is 3.82. The number of aliphatic hydroxyl groups is 1. The first-order valence-corrected chi connectivity index (χ1v) is 7.29. The van der Waals surface area contributed by atoms with E-state index in [1.54, 1.807) is 0 Å². The molecule has 0 radical (unpaired) electrons. The lowest BCUT2D eigenvalue weighted by Crippen LogP contribution is -2.39. The van der Waals surface area contributed by atoms with Crippen LogP contribution in [0, 0.1) is 23.5 Å². The van der Waals surface area contributed by atoms with Crippen LogP contribution < -0.4 is 5.32 Å². The van der Waals surface area contributed by atoms with Crippen molar-refractivity contribution in [1.29, 1.82) is 0 Å². The molecule has 1 saturated carbocycles. The van der Waals surface area contributed by atoms with Crippen molar-refractivity contribution in [3.8, 4) is 0 Å². The van der Waals surface area contributed by atoms with E-state index in [0.29, 0.717) is 18.8 Å². The number of hydrogen-bond donors (Lipinski definition) is 2. The van der Waals surface area contributed by atoms with E-state index in [1.807, 2.05) is 13.8 Å². The smallest absolute Gasteiger partial charge is 0.224 e. The Kier molecular flexibility index (Phi) is 4.93. The van der Waals surface area contributed by atoms with Gasteiger partial charge in [0.1, 0.15) is 11.6 Å². The normalized spacial score (nSPS) is 22.2. The van der Waals surface area contributed by atoms with Gasteiger partial charge in [-0.25, -0.2) is 8.78 Å². The summed E-state index contributed by atoms with van der Waals surface area (Å²) < 4.78 is 27.3. The molecule has 5 heteroatoms. The van der Waals surface area contributed by atoms with Crippen LogP contribution in [0.1, 0.15) is 38.2 Å². The van der Waals surface area contributed by atoms with Gasteiger partial charge in [0.25, 0.3) is 0 Å². The SMILES string of the molecule is CC(C)CC(CO)NC(=O)C1CC1c1c(F)cccc1F. The highest BCUT2D eigenvalue weighted by Gasteiger charge is 2.46. The first-order chi connectivity index (χ1) is 9.93. The third kappa shape index (κ3) is 3.79. The van der Waals surface area contributed by atoms with Gasteiger partial charge in [0.05, 0.1) is 12.6 Å². The Labute approximate surface area is 123 Å². The van der Waals surface area contributed by atoms with E-state index in [4.69, 9.17) is 0 Å². The van der Waals surface area contributed by atoms with Crippen LogP contribution >= 0.6 is 0 Å². The van der Waals surface area contributed by atoms with Gasteiger partial charge in [-0.2, -0.15) is 0 Å². The number of amides is 1. The summed E-state index contributed by atoms with van der Waals surface area (Å²) in [5.74, 6) is -1.89. The van der Waals surface area contributed by atoms with E-state index in [-0.39, 0.29) is 24.1 Å². The molecular formula is C16H21F2NO2. The van der Waals surface area contributed by atoms with E-state index in [0.717, 1.165) is 0 Å². The largest absolute Gasteiger partial charge is 0.394 e. The van der Waals surface area contributed by atoms with Crippen LogP contribution in [0.5, 0.6) is 0 Å². The summed E-state index contributed by atoms with van der Waals surface area (Å²) in [6, 6.07) is 3.43. The molecule has 0 aliphatic heterocycles. The van der Waals surface area contributed by atoms with Crippen LogP contribution in [0.25, 0.3) is 0 Å². The molecule has 3 unspecified atom stereocenters. The van der Waals surface area contributed by atoms with E-state index in [9.17, 15) is 18.7 Å². The van der Waals surface area contributed by atoms with Crippen LogP contribution in [0.2, 0.25) is 0 Å². The predicted molar refractivity (Wildman–Crippen MR) is 75.7 cm³/mol. The highest BCUT2D eigenvalue weighted by atomic mass is 19.1. The number of rotatable bonds is 6. The summed E-state index contributed by atoms with van der Waals surface area (Å²) in [5.41, 5.74) is 0.00191. The molecule has 1 aliphatic carbocycles. The fraction of sp³-hybridized carbons (Fsp3) is 0.562. The highest BCUT2D eigenvalue weighted by molar-refractivity contribution is 5.83. The second-order valence-electron chi connectivity index (χ2n) is 6.10. The van der Waals surface area contributed by atoms with E-state index >= 15 is 0 Å². The minimum absolute atomic E-state index is 0.00191. The maximum absolute atomic E-state index is 13.7. The molecule has 2 N–H and O–H groups in total. The number of benzene rings is 1. The molecule has 0 aromatic heterocycles. The zero-order valence-electron chi connectivity index (χ0n) is 12.3. The molecule has 1 fully saturated rings. The van der Waals surface area contributed by atoms with Gasteiger partial charge < -0.3 is 10.4 Å². The molecule has 1 aromatic rings.